The van der Waals surface area contributed by atoms with Crippen molar-refractivity contribution < 1.29 is 9.32 Å². The maximum absolute atomic E-state index is 10.2. The Labute approximate surface area is 71.1 Å². The van der Waals surface area contributed by atoms with E-state index in [1.807, 2.05) is 19.0 Å². The van der Waals surface area contributed by atoms with Crippen LogP contribution in [0.5, 0.6) is 0 Å². The number of carbonyl (C=O) groups excluding carboxylic acids is 1. The third kappa shape index (κ3) is 2.47. The summed E-state index contributed by atoms with van der Waals surface area (Å²) >= 11 is 0. The molecule has 66 valence electrons. The van der Waals surface area contributed by atoms with Crippen LogP contribution in [0.15, 0.2) is 10.6 Å². The van der Waals surface area contributed by atoms with Gasteiger partial charge in [-0.1, -0.05) is 5.16 Å². The van der Waals surface area contributed by atoms with Gasteiger partial charge >= 0.3 is 0 Å². The van der Waals surface area contributed by atoms with Crippen molar-refractivity contribution in [3.8, 4) is 0 Å². The Morgan fingerprint density at radius 2 is 2.42 bits per heavy atom. The van der Waals surface area contributed by atoms with Crippen LogP contribution in [-0.4, -0.2) is 37.0 Å². The summed E-state index contributed by atoms with van der Waals surface area (Å²) in [5.41, 5.74) is 0.365. The zero-order valence-electron chi connectivity index (χ0n) is 7.28. The molecule has 0 amide bonds. The summed E-state index contributed by atoms with van der Waals surface area (Å²) in [6, 6.07) is 1.66. The second kappa shape index (κ2) is 4.01. The number of nitrogens with zero attached hydrogens (tertiary/aromatic N) is 2. The van der Waals surface area contributed by atoms with Crippen LogP contribution >= 0.6 is 0 Å². The lowest BCUT2D eigenvalue weighted by atomic mass is 10.3. The minimum Gasteiger partial charge on any atom is -0.361 e. The van der Waals surface area contributed by atoms with E-state index in [1.54, 1.807) is 6.07 Å². The van der Waals surface area contributed by atoms with Gasteiger partial charge in [0, 0.05) is 19.0 Å². The zero-order valence-corrected chi connectivity index (χ0v) is 7.28. The van der Waals surface area contributed by atoms with Crippen LogP contribution in [-0.2, 0) is 6.42 Å². The second-order valence-electron chi connectivity index (χ2n) is 2.89. The molecule has 0 radical (unpaired) electrons. The Morgan fingerprint density at radius 3 is 2.92 bits per heavy atom. The van der Waals surface area contributed by atoms with Crippen LogP contribution in [0.1, 0.15) is 16.2 Å². The molecule has 4 nitrogen and oxygen atoms in total. The quantitative estimate of drug-likeness (QED) is 0.617. The van der Waals surface area contributed by atoms with Crippen LogP contribution in [0.4, 0.5) is 0 Å². The third-order valence-electron chi connectivity index (χ3n) is 1.50. The smallest absolute Gasteiger partial charge is 0.171 e. The number of carbonyl (C=O) groups is 1. The van der Waals surface area contributed by atoms with E-state index in [2.05, 4.69) is 5.16 Å². The van der Waals surface area contributed by atoms with Gasteiger partial charge in [0.15, 0.2) is 6.29 Å². The van der Waals surface area contributed by atoms with Crippen LogP contribution in [0.3, 0.4) is 0 Å². The highest BCUT2D eigenvalue weighted by atomic mass is 16.5. The molecule has 1 rings (SSSR count). The monoisotopic (exact) mass is 168 g/mol. The van der Waals surface area contributed by atoms with Gasteiger partial charge in [-0.25, -0.2) is 0 Å². The topological polar surface area (TPSA) is 46.3 Å². The summed E-state index contributed by atoms with van der Waals surface area (Å²) in [6.45, 7) is 0.896. The predicted molar refractivity (Wildman–Crippen MR) is 44.1 cm³/mol. The highest BCUT2D eigenvalue weighted by Gasteiger charge is 2.02. The van der Waals surface area contributed by atoms with E-state index < -0.39 is 0 Å². The van der Waals surface area contributed by atoms with Crippen molar-refractivity contribution in [3.05, 3.63) is 17.5 Å². The first kappa shape index (κ1) is 8.93. The first-order valence-corrected chi connectivity index (χ1v) is 3.78. The highest BCUT2D eigenvalue weighted by Crippen LogP contribution is 2.02. The van der Waals surface area contributed by atoms with E-state index in [-0.39, 0.29) is 0 Å². The van der Waals surface area contributed by atoms with Gasteiger partial charge in [-0.15, -0.1) is 0 Å². The number of likely N-dealkylation sites (N-methyl/N-ethyl adjacent to an activating group) is 1. The van der Waals surface area contributed by atoms with Gasteiger partial charge in [0.2, 0.25) is 0 Å². The molecule has 1 aromatic rings. The van der Waals surface area contributed by atoms with Crippen LogP contribution in [0, 0.1) is 0 Å². The summed E-state index contributed by atoms with van der Waals surface area (Å²) in [7, 11) is 3.97. The van der Waals surface area contributed by atoms with Gasteiger partial charge in [-0.2, -0.15) is 0 Å². The Hall–Kier alpha value is -1.16. The summed E-state index contributed by atoms with van der Waals surface area (Å²) in [5, 5.41) is 3.55. The Morgan fingerprint density at radius 1 is 1.67 bits per heavy atom. The minimum atomic E-state index is 0.365. The molecule has 0 atom stereocenters. The molecule has 0 fully saturated rings. The molecule has 0 aliphatic heterocycles. The molecule has 12 heavy (non-hydrogen) atoms. The first-order valence-electron chi connectivity index (χ1n) is 3.78. The summed E-state index contributed by atoms with van der Waals surface area (Å²) < 4.78 is 4.90. The predicted octanol–water partition coefficient (Wildman–Crippen LogP) is 0.591. The lowest BCUT2D eigenvalue weighted by molar-refractivity contribution is 0.111. The van der Waals surface area contributed by atoms with E-state index in [0.717, 1.165) is 18.7 Å². The van der Waals surface area contributed by atoms with Crippen molar-refractivity contribution >= 4 is 6.29 Å². The van der Waals surface area contributed by atoms with Crippen LogP contribution in [0.2, 0.25) is 0 Å². The van der Waals surface area contributed by atoms with Gasteiger partial charge in [0.05, 0.1) is 0 Å². The van der Waals surface area contributed by atoms with Gasteiger partial charge < -0.3 is 9.42 Å². The molecule has 0 spiro atoms. The van der Waals surface area contributed by atoms with Gasteiger partial charge in [0.1, 0.15) is 11.5 Å². The molecule has 0 aromatic carbocycles. The highest BCUT2D eigenvalue weighted by molar-refractivity contribution is 5.71. The fraction of sp³-hybridized carbons (Fsp3) is 0.500. The molecule has 0 unspecified atom stereocenters. The number of hydrogen-bond donors (Lipinski definition) is 0. The maximum Gasteiger partial charge on any atom is 0.171 e. The molecular weight excluding hydrogens is 156 g/mol. The lowest BCUT2D eigenvalue weighted by Gasteiger charge is -2.05. The molecule has 0 saturated heterocycles. The van der Waals surface area contributed by atoms with Crippen molar-refractivity contribution in [2.45, 2.75) is 6.42 Å². The molecular formula is C8H12N2O2. The molecule has 0 aliphatic rings. The molecule has 0 saturated carbocycles. The standard InChI is InChI=1S/C8H12N2O2/c1-10(2)4-3-8-5-7(6-11)9-12-8/h5-6H,3-4H2,1-2H3. The van der Waals surface area contributed by atoms with E-state index in [9.17, 15) is 4.79 Å². The van der Waals surface area contributed by atoms with E-state index in [1.165, 1.54) is 0 Å². The van der Waals surface area contributed by atoms with Crippen LogP contribution < -0.4 is 0 Å². The molecule has 1 aromatic heterocycles. The SMILES string of the molecule is CN(C)CCc1cc(C=O)no1. The normalized spacial score (nSPS) is 10.6. The average Bonchev–Trinajstić information content (AvgIpc) is 2.48. The summed E-state index contributed by atoms with van der Waals surface area (Å²) in [6.07, 6.45) is 1.47. The van der Waals surface area contributed by atoms with Crippen molar-refractivity contribution in [2.24, 2.45) is 0 Å². The van der Waals surface area contributed by atoms with Crippen LogP contribution in [0.25, 0.3) is 0 Å². The Kier molecular flexibility index (Phi) is 2.99. The first-order chi connectivity index (χ1) is 5.72. The maximum atomic E-state index is 10.2. The molecule has 1 heterocycles. The summed E-state index contributed by atoms with van der Waals surface area (Å²) in [5.74, 6) is 0.755. The largest absolute Gasteiger partial charge is 0.361 e. The number of aldehydes is 1. The van der Waals surface area contributed by atoms with E-state index in [0.29, 0.717) is 12.0 Å². The summed E-state index contributed by atoms with van der Waals surface area (Å²) in [4.78, 5) is 12.3. The minimum absolute atomic E-state index is 0.365. The van der Waals surface area contributed by atoms with E-state index >= 15 is 0 Å². The van der Waals surface area contributed by atoms with Gasteiger partial charge in [0.25, 0.3) is 0 Å². The van der Waals surface area contributed by atoms with Crippen molar-refractivity contribution in [1.29, 1.82) is 0 Å². The number of rotatable bonds is 4. The van der Waals surface area contributed by atoms with Crippen molar-refractivity contribution in [1.82, 2.24) is 10.1 Å². The Balaban J connectivity index is 2.47. The zero-order chi connectivity index (χ0) is 8.97. The average molecular weight is 168 g/mol. The Bertz CT molecular complexity index is 255. The fourth-order valence-corrected chi connectivity index (χ4v) is 0.836. The second-order valence-corrected chi connectivity index (χ2v) is 2.89. The fourth-order valence-electron chi connectivity index (χ4n) is 0.836. The lowest BCUT2D eigenvalue weighted by Crippen LogP contribution is -2.14. The number of hydrogen-bond acceptors (Lipinski definition) is 4. The van der Waals surface area contributed by atoms with Crippen molar-refractivity contribution in [3.63, 3.8) is 0 Å². The molecule has 0 N–H and O–H groups in total. The van der Waals surface area contributed by atoms with E-state index in [4.69, 9.17) is 4.52 Å². The van der Waals surface area contributed by atoms with Gasteiger partial charge in [-0.3, -0.25) is 4.79 Å². The third-order valence-corrected chi connectivity index (χ3v) is 1.50. The van der Waals surface area contributed by atoms with Crippen molar-refractivity contribution in [2.75, 3.05) is 20.6 Å². The molecule has 4 heteroatoms. The molecule has 0 bridgehead atoms. The number of aromatic nitrogens is 1. The van der Waals surface area contributed by atoms with Gasteiger partial charge in [-0.05, 0) is 14.1 Å². The molecule has 0 aliphatic carbocycles.